The van der Waals surface area contributed by atoms with Crippen LogP contribution in [0.15, 0.2) is 28.7 Å². The van der Waals surface area contributed by atoms with E-state index < -0.39 is 0 Å². The van der Waals surface area contributed by atoms with Crippen molar-refractivity contribution in [3.8, 4) is 6.07 Å². The van der Waals surface area contributed by atoms with E-state index in [1.54, 1.807) is 0 Å². The van der Waals surface area contributed by atoms with Crippen molar-refractivity contribution in [1.82, 2.24) is 10.2 Å². The van der Waals surface area contributed by atoms with Crippen LogP contribution in [-0.2, 0) is 13.0 Å². The zero-order valence-corrected chi connectivity index (χ0v) is 9.61. The van der Waals surface area contributed by atoms with Crippen LogP contribution in [0.5, 0.6) is 0 Å². The highest BCUT2D eigenvalue weighted by Gasteiger charge is 2.05. The Bertz CT molecular complexity index is 546. The molecule has 2 rings (SSSR count). The number of hydrogen-bond donors (Lipinski definition) is 1. The van der Waals surface area contributed by atoms with Gasteiger partial charge in [-0.2, -0.15) is 5.26 Å². The van der Waals surface area contributed by atoms with Crippen LogP contribution in [0.2, 0.25) is 5.02 Å². The fourth-order valence-electron chi connectivity index (χ4n) is 1.28. The molecule has 0 unspecified atom stereocenters. The molecule has 0 amide bonds. The summed E-state index contributed by atoms with van der Waals surface area (Å²) in [7, 11) is 0. The quantitative estimate of drug-likeness (QED) is 0.899. The van der Waals surface area contributed by atoms with Crippen LogP contribution >= 0.6 is 11.6 Å². The fourth-order valence-corrected chi connectivity index (χ4v) is 1.48. The van der Waals surface area contributed by atoms with Crippen LogP contribution in [0.25, 0.3) is 0 Å². The predicted molar refractivity (Wildman–Crippen MR) is 62.4 cm³/mol. The molecule has 1 aromatic heterocycles. The lowest BCUT2D eigenvalue weighted by atomic mass is 10.2. The Hall–Kier alpha value is -2.06. The Morgan fingerprint density at radius 3 is 2.94 bits per heavy atom. The summed E-state index contributed by atoms with van der Waals surface area (Å²) < 4.78 is 5.19. The van der Waals surface area contributed by atoms with Gasteiger partial charge in [0.15, 0.2) is 0 Å². The summed E-state index contributed by atoms with van der Waals surface area (Å²) in [5.74, 6) is 0.300. The van der Waals surface area contributed by atoms with E-state index in [0.29, 0.717) is 17.5 Å². The molecule has 1 heterocycles. The van der Waals surface area contributed by atoms with Gasteiger partial charge in [0.25, 0.3) is 0 Å². The van der Waals surface area contributed by atoms with Crippen molar-refractivity contribution >= 4 is 17.6 Å². The van der Waals surface area contributed by atoms with Crippen molar-refractivity contribution in [2.45, 2.75) is 13.0 Å². The lowest BCUT2D eigenvalue weighted by Crippen LogP contribution is -1.99. The summed E-state index contributed by atoms with van der Waals surface area (Å²) in [6, 6.07) is 9.71. The highest BCUT2D eigenvalue weighted by Crippen LogP contribution is 2.16. The molecule has 0 radical (unpaired) electrons. The SMILES string of the molecule is N#CCc1nnc(NCc2ccccc2Cl)o1. The monoisotopic (exact) mass is 248 g/mol. The molecule has 0 spiro atoms. The van der Waals surface area contributed by atoms with E-state index in [-0.39, 0.29) is 12.4 Å². The summed E-state index contributed by atoms with van der Waals surface area (Å²) in [5, 5.41) is 19.5. The van der Waals surface area contributed by atoms with Gasteiger partial charge in [-0.05, 0) is 11.6 Å². The summed E-state index contributed by atoms with van der Waals surface area (Å²) in [6.07, 6.45) is 0.112. The number of rotatable bonds is 4. The van der Waals surface area contributed by atoms with Crippen molar-refractivity contribution in [2.75, 3.05) is 5.32 Å². The maximum atomic E-state index is 8.46. The van der Waals surface area contributed by atoms with Gasteiger partial charge >= 0.3 is 6.01 Å². The summed E-state index contributed by atoms with van der Waals surface area (Å²) in [6.45, 7) is 0.494. The average molecular weight is 249 g/mol. The molecule has 1 aromatic carbocycles. The number of nitrogens with one attached hydrogen (secondary N) is 1. The number of nitrogens with zero attached hydrogens (tertiary/aromatic N) is 3. The van der Waals surface area contributed by atoms with E-state index in [1.165, 1.54) is 0 Å². The minimum absolute atomic E-state index is 0.112. The molecule has 0 aliphatic rings. The lowest BCUT2D eigenvalue weighted by Gasteiger charge is -2.03. The highest BCUT2D eigenvalue weighted by molar-refractivity contribution is 6.31. The third-order valence-electron chi connectivity index (χ3n) is 2.09. The van der Waals surface area contributed by atoms with Gasteiger partial charge in [-0.15, -0.1) is 5.10 Å². The third-order valence-corrected chi connectivity index (χ3v) is 2.45. The van der Waals surface area contributed by atoms with Gasteiger partial charge < -0.3 is 9.73 Å². The van der Waals surface area contributed by atoms with Gasteiger partial charge in [-0.1, -0.05) is 34.9 Å². The third kappa shape index (κ3) is 2.95. The molecule has 5 nitrogen and oxygen atoms in total. The topological polar surface area (TPSA) is 74.7 Å². The summed E-state index contributed by atoms with van der Waals surface area (Å²) >= 11 is 6.00. The Morgan fingerprint density at radius 2 is 2.18 bits per heavy atom. The maximum Gasteiger partial charge on any atom is 0.315 e. The first-order valence-electron chi connectivity index (χ1n) is 4.96. The molecule has 0 atom stereocenters. The van der Waals surface area contributed by atoms with E-state index >= 15 is 0 Å². The van der Waals surface area contributed by atoms with Gasteiger partial charge in [0.05, 0.1) is 6.07 Å². The van der Waals surface area contributed by atoms with Gasteiger partial charge in [-0.3, -0.25) is 0 Å². The van der Waals surface area contributed by atoms with Crippen LogP contribution < -0.4 is 5.32 Å². The molecule has 0 fully saturated rings. The number of hydrogen-bond acceptors (Lipinski definition) is 5. The van der Waals surface area contributed by atoms with Crippen molar-refractivity contribution in [3.05, 3.63) is 40.7 Å². The minimum atomic E-state index is 0.112. The molecule has 2 aromatic rings. The fraction of sp³-hybridized carbons (Fsp3) is 0.182. The smallest absolute Gasteiger partial charge is 0.315 e. The Kier molecular flexibility index (Phi) is 3.58. The number of nitriles is 1. The second-order valence-electron chi connectivity index (χ2n) is 3.28. The van der Waals surface area contributed by atoms with E-state index in [1.807, 2.05) is 30.3 Å². The van der Waals surface area contributed by atoms with Crippen LogP contribution in [0.1, 0.15) is 11.5 Å². The second-order valence-corrected chi connectivity index (χ2v) is 3.69. The number of benzene rings is 1. The molecule has 0 saturated heterocycles. The van der Waals surface area contributed by atoms with Crippen molar-refractivity contribution in [2.24, 2.45) is 0 Å². The Labute approximate surface area is 103 Å². The van der Waals surface area contributed by atoms with Gasteiger partial charge in [0.2, 0.25) is 5.89 Å². The molecule has 86 valence electrons. The molecular formula is C11H9ClN4O. The molecule has 0 aliphatic carbocycles. The Balaban J connectivity index is 1.98. The molecule has 0 saturated carbocycles. The van der Waals surface area contributed by atoms with Crippen molar-refractivity contribution in [3.63, 3.8) is 0 Å². The molecule has 17 heavy (non-hydrogen) atoms. The molecular weight excluding hydrogens is 240 g/mol. The summed E-state index contributed by atoms with van der Waals surface area (Å²) in [5.41, 5.74) is 0.939. The standard InChI is InChI=1S/C11H9ClN4O/c12-9-4-2-1-3-8(9)7-14-11-16-15-10(17-11)5-6-13/h1-4H,5,7H2,(H,14,16). The van der Waals surface area contributed by atoms with Crippen molar-refractivity contribution in [1.29, 1.82) is 5.26 Å². The molecule has 6 heteroatoms. The van der Waals surface area contributed by atoms with Crippen LogP contribution in [0, 0.1) is 11.3 Å². The first-order valence-corrected chi connectivity index (χ1v) is 5.34. The average Bonchev–Trinajstić information content (AvgIpc) is 2.76. The Morgan fingerprint density at radius 1 is 1.35 bits per heavy atom. The highest BCUT2D eigenvalue weighted by atomic mass is 35.5. The van der Waals surface area contributed by atoms with E-state index in [4.69, 9.17) is 21.3 Å². The zero-order valence-electron chi connectivity index (χ0n) is 8.85. The lowest BCUT2D eigenvalue weighted by molar-refractivity contribution is 0.520. The van der Waals surface area contributed by atoms with Gasteiger partial charge in [-0.25, -0.2) is 0 Å². The van der Waals surface area contributed by atoms with E-state index in [0.717, 1.165) is 5.56 Å². The molecule has 1 N–H and O–H groups in total. The summed E-state index contributed by atoms with van der Waals surface area (Å²) in [4.78, 5) is 0. The molecule has 0 bridgehead atoms. The van der Waals surface area contributed by atoms with Crippen LogP contribution in [0.3, 0.4) is 0 Å². The van der Waals surface area contributed by atoms with Crippen LogP contribution in [0.4, 0.5) is 6.01 Å². The van der Waals surface area contributed by atoms with Crippen LogP contribution in [-0.4, -0.2) is 10.2 Å². The number of halogens is 1. The second kappa shape index (κ2) is 5.32. The largest absolute Gasteiger partial charge is 0.407 e. The minimum Gasteiger partial charge on any atom is -0.407 e. The normalized spacial score (nSPS) is 9.88. The predicted octanol–water partition coefficient (Wildman–Crippen LogP) is 2.40. The first kappa shape index (κ1) is 11.4. The number of anilines is 1. The van der Waals surface area contributed by atoms with E-state index in [2.05, 4.69) is 15.5 Å². The maximum absolute atomic E-state index is 8.46. The van der Waals surface area contributed by atoms with E-state index in [9.17, 15) is 0 Å². The van der Waals surface area contributed by atoms with Gasteiger partial charge in [0, 0.05) is 11.6 Å². The molecule has 0 aliphatic heterocycles. The van der Waals surface area contributed by atoms with Gasteiger partial charge in [0.1, 0.15) is 6.42 Å². The first-order chi connectivity index (χ1) is 8.29. The van der Waals surface area contributed by atoms with Crippen molar-refractivity contribution < 1.29 is 4.42 Å². The zero-order chi connectivity index (χ0) is 12.1. The number of aromatic nitrogens is 2.